The van der Waals surface area contributed by atoms with E-state index in [1.165, 1.54) is 0 Å². The second-order valence-corrected chi connectivity index (χ2v) is 6.05. The molecular formula is C20H37N3O2. The average Bonchev–Trinajstić information content (AvgIpc) is 2.66. The molecule has 1 aromatic heterocycles. The Morgan fingerprint density at radius 1 is 1.16 bits per heavy atom. The van der Waals surface area contributed by atoms with Crippen molar-refractivity contribution in [2.75, 3.05) is 32.7 Å². The highest BCUT2D eigenvalue weighted by Crippen LogP contribution is 2.25. The number of nitrogens with zero attached hydrogens (tertiary/aromatic N) is 2. The van der Waals surface area contributed by atoms with E-state index >= 15 is 0 Å². The van der Waals surface area contributed by atoms with E-state index in [0.29, 0.717) is 0 Å². The molecule has 1 aliphatic carbocycles. The largest absolute Gasteiger partial charge is 0.489 e. The normalized spacial score (nSPS) is 22.6. The number of aryl methyl sites for hydroxylation is 1. The minimum absolute atomic E-state index is 0.167. The van der Waals surface area contributed by atoms with Crippen LogP contribution in [-0.2, 0) is 6.42 Å². The Bertz CT molecular complexity index is 427. The zero-order valence-electron chi connectivity index (χ0n) is 16.5. The lowest BCUT2D eigenvalue weighted by Crippen LogP contribution is -2.43. The quantitative estimate of drug-likeness (QED) is 0.825. The molecule has 0 aromatic carbocycles. The molecule has 25 heavy (non-hydrogen) atoms. The van der Waals surface area contributed by atoms with Crippen molar-refractivity contribution in [2.24, 2.45) is 0 Å². The first-order valence-corrected chi connectivity index (χ1v) is 10.0. The van der Waals surface area contributed by atoms with Gasteiger partial charge < -0.3 is 20.1 Å². The van der Waals surface area contributed by atoms with Crippen molar-refractivity contribution in [3.63, 3.8) is 0 Å². The maximum atomic E-state index is 9.24. The van der Waals surface area contributed by atoms with Gasteiger partial charge in [-0.15, -0.1) is 0 Å². The number of rotatable bonds is 6. The van der Waals surface area contributed by atoms with Crippen molar-refractivity contribution in [3.05, 3.63) is 24.0 Å². The second kappa shape index (κ2) is 13.1. The lowest BCUT2D eigenvalue weighted by Gasteiger charge is -2.31. The molecule has 0 amide bonds. The molecule has 1 aromatic rings. The van der Waals surface area contributed by atoms with E-state index in [1.54, 1.807) is 0 Å². The van der Waals surface area contributed by atoms with Crippen LogP contribution in [0, 0.1) is 0 Å². The SMILES string of the molecule is CC.CC.OC1CC(Oc2ccc(CCCN3CCNCC3)nc2)C1. The van der Waals surface area contributed by atoms with E-state index in [-0.39, 0.29) is 12.2 Å². The minimum atomic E-state index is -0.174. The van der Waals surface area contributed by atoms with E-state index < -0.39 is 0 Å². The average molecular weight is 352 g/mol. The van der Waals surface area contributed by atoms with Crippen LogP contribution in [0.25, 0.3) is 0 Å². The topological polar surface area (TPSA) is 57.6 Å². The summed E-state index contributed by atoms with van der Waals surface area (Å²) in [7, 11) is 0. The number of hydrogen-bond acceptors (Lipinski definition) is 5. The Morgan fingerprint density at radius 2 is 1.84 bits per heavy atom. The van der Waals surface area contributed by atoms with E-state index in [0.717, 1.165) is 69.9 Å². The molecule has 5 nitrogen and oxygen atoms in total. The lowest BCUT2D eigenvalue weighted by atomic mass is 9.92. The van der Waals surface area contributed by atoms with Gasteiger partial charge in [0, 0.05) is 44.7 Å². The van der Waals surface area contributed by atoms with Gasteiger partial charge in [0.15, 0.2) is 0 Å². The molecule has 1 aliphatic heterocycles. The van der Waals surface area contributed by atoms with Crippen molar-refractivity contribution >= 4 is 0 Å². The fraction of sp³-hybridized carbons (Fsp3) is 0.750. The molecule has 1 saturated heterocycles. The van der Waals surface area contributed by atoms with E-state index in [9.17, 15) is 5.11 Å². The number of aromatic nitrogens is 1. The van der Waals surface area contributed by atoms with Gasteiger partial charge in [0.2, 0.25) is 0 Å². The molecule has 2 aliphatic rings. The summed E-state index contributed by atoms with van der Waals surface area (Å²) in [6, 6.07) is 4.06. The summed E-state index contributed by atoms with van der Waals surface area (Å²) in [4.78, 5) is 6.98. The summed E-state index contributed by atoms with van der Waals surface area (Å²) < 4.78 is 5.74. The Labute approximate surface area is 153 Å². The summed E-state index contributed by atoms with van der Waals surface area (Å²) in [6.45, 7) is 13.7. The number of ether oxygens (including phenoxy) is 1. The number of aliphatic hydroxyl groups is 1. The third kappa shape index (κ3) is 8.17. The summed E-state index contributed by atoms with van der Waals surface area (Å²) in [6.07, 6.45) is 5.46. The van der Waals surface area contributed by atoms with Gasteiger partial charge in [-0.05, 0) is 31.5 Å². The van der Waals surface area contributed by atoms with Crippen LogP contribution in [0.15, 0.2) is 18.3 Å². The highest BCUT2D eigenvalue weighted by molar-refractivity contribution is 5.20. The fourth-order valence-corrected chi connectivity index (χ4v) is 2.87. The van der Waals surface area contributed by atoms with Crippen LogP contribution in [0.3, 0.4) is 0 Å². The summed E-state index contributed by atoms with van der Waals surface area (Å²) in [5, 5.41) is 12.6. The molecule has 0 bridgehead atoms. The van der Waals surface area contributed by atoms with Crippen molar-refractivity contribution in [1.29, 1.82) is 0 Å². The number of piperazine rings is 1. The van der Waals surface area contributed by atoms with Gasteiger partial charge in [-0.2, -0.15) is 0 Å². The number of pyridine rings is 1. The highest BCUT2D eigenvalue weighted by atomic mass is 16.5. The van der Waals surface area contributed by atoms with Crippen LogP contribution in [0.5, 0.6) is 5.75 Å². The van der Waals surface area contributed by atoms with Gasteiger partial charge in [-0.3, -0.25) is 4.98 Å². The predicted molar refractivity (Wildman–Crippen MR) is 104 cm³/mol. The van der Waals surface area contributed by atoms with E-state index in [2.05, 4.69) is 21.3 Å². The minimum Gasteiger partial charge on any atom is -0.489 e. The van der Waals surface area contributed by atoms with E-state index in [1.807, 2.05) is 40.0 Å². The number of aliphatic hydroxyl groups excluding tert-OH is 1. The second-order valence-electron chi connectivity index (χ2n) is 6.05. The molecule has 0 spiro atoms. The Hall–Kier alpha value is -1.17. The van der Waals surface area contributed by atoms with Crippen LogP contribution in [0.2, 0.25) is 0 Å². The van der Waals surface area contributed by atoms with Crippen LogP contribution < -0.4 is 10.1 Å². The van der Waals surface area contributed by atoms with Gasteiger partial charge >= 0.3 is 0 Å². The molecule has 2 fully saturated rings. The monoisotopic (exact) mass is 351 g/mol. The summed E-state index contributed by atoms with van der Waals surface area (Å²) in [5.41, 5.74) is 1.13. The van der Waals surface area contributed by atoms with Crippen LogP contribution >= 0.6 is 0 Å². The van der Waals surface area contributed by atoms with Gasteiger partial charge in [0.25, 0.3) is 0 Å². The highest BCUT2D eigenvalue weighted by Gasteiger charge is 2.28. The molecule has 144 valence electrons. The molecule has 5 heteroatoms. The third-order valence-corrected chi connectivity index (χ3v) is 4.29. The molecule has 0 radical (unpaired) electrons. The van der Waals surface area contributed by atoms with Gasteiger partial charge in [0.1, 0.15) is 11.9 Å². The van der Waals surface area contributed by atoms with Gasteiger partial charge in [-0.1, -0.05) is 27.7 Å². The first kappa shape index (κ1) is 21.9. The molecule has 2 heterocycles. The summed E-state index contributed by atoms with van der Waals surface area (Å²) in [5.74, 6) is 0.817. The van der Waals surface area contributed by atoms with Gasteiger partial charge in [0.05, 0.1) is 12.3 Å². The van der Waals surface area contributed by atoms with Gasteiger partial charge in [-0.25, -0.2) is 0 Å². The maximum absolute atomic E-state index is 9.24. The maximum Gasteiger partial charge on any atom is 0.138 e. The van der Waals surface area contributed by atoms with Crippen molar-refractivity contribution in [3.8, 4) is 5.75 Å². The molecule has 0 unspecified atom stereocenters. The first-order valence-electron chi connectivity index (χ1n) is 10.0. The molecule has 2 N–H and O–H groups in total. The predicted octanol–water partition coefficient (Wildman–Crippen LogP) is 2.87. The number of hydrogen-bond donors (Lipinski definition) is 2. The summed E-state index contributed by atoms with van der Waals surface area (Å²) >= 11 is 0. The Balaban J connectivity index is 0.000000730. The van der Waals surface area contributed by atoms with Crippen LogP contribution in [-0.4, -0.2) is 59.9 Å². The first-order chi connectivity index (χ1) is 12.3. The van der Waals surface area contributed by atoms with Crippen LogP contribution in [0.4, 0.5) is 0 Å². The lowest BCUT2D eigenvalue weighted by molar-refractivity contribution is -0.0109. The molecule has 3 rings (SSSR count). The number of nitrogens with one attached hydrogen (secondary N) is 1. The molecular weight excluding hydrogens is 314 g/mol. The Kier molecular flexibility index (Phi) is 11.5. The van der Waals surface area contributed by atoms with Crippen molar-refractivity contribution in [2.45, 2.75) is 65.6 Å². The smallest absolute Gasteiger partial charge is 0.138 e. The standard InChI is InChI=1S/C16H25N3O2.2C2H6/c20-14-10-16(11-14)21-15-4-3-13(18-12-15)2-1-7-19-8-5-17-6-9-19;2*1-2/h3-4,12,14,16-17,20H,1-2,5-11H2;2*1-2H3. The van der Waals surface area contributed by atoms with Crippen molar-refractivity contribution in [1.82, 2.24) is 15.2 Å². The zero-order chi connectivity index (χ0) is 18.5. The van der Waals surface area contributed by atoms with Crippen LogP contribution in [0.1, 0.15) is 52.7 Å². The zero-order valence-corrected chi connectivity index (χ0v) is 16.5. The molecule has 0 atom stereocenters. The molecule has 1 saturated carbocycles. The Morgan fingerprint density at radius 3 is 2.40 bits per heavy atom. The third-order valence-electron chi connectivity index (χ3n) is 4.29. The van der Waals surface area contributed by atoms with E-state index in [4.69, 9.17) is 4.74 Å². The fourth-order valence-electron chi connectivity index (χ4n) is 2.87. The van der Waals surface area contributed by atoms with Crippen molar-refractivity contribution < 1.29 is 9.84 Å².